The number of hydrogen-bond acceptors (Lipinski definition) is 5. The lowest BCUT2D eigenvalue weighted by atomic mass is 9.81. The summed E-state index contributed by atoms with van der Waals surface area (Å²) in [6.07, 6.45) is -0.412. The molecule has 0 saturated heterocycles. The Balaban J connectivity index is 1.19. The highest BCUT2D eigenvalue weighted by Gasteiger charge is 2.35. The van der Waals surface area contributed by atoms with Crippen LogP contribution in [0.5, 0.6) is 5.75 Å². The van der Waals surface area contributed by atoms with Crippen molar-refractivity contribution in [1.82, 2.24) is 4.98 Å². The molecule has 224 valence electrons. The van der Waals surface area contributed by atoms with Crippen molar-refractivity contribution in [1.29, 1.82) is 5.26 Å². The maximum absolute atomic E-state index is 10.7. The van der Waals surface area contributed by atoms with Gasteiger partial charge in [-0.15, -0.1) is 0 Å². The largest absolute Gasteiger partial charge is 0.464 e. The van der Waals surface area contributed by atoms with Crippen molar-refractivity contribution in [3.05, 3.63) is 150 Å². The zero-order chi connectivity index (χ0) is 31.7. The van der Waals surface area contributed by atoms with Crippen LogP contribution in [0, 0.1) is 11.3 Å². The molecule has 2 heterocycles. The molecule has 9 rings (SSSR count). The first-order chi connectivity index (χ1) is 23.0. The van der Waals surface area contributed by atoms with Gasteiger partial charge in [0.15, 0.2) is 11.8 Å². The molecule has 1 aromatic heterocycles. The predicted octanol–water partition coefficient (Wildman–Crippen LogP) is 10.5. The summed E-state index contributed by atoms with van der Waals surface area (Å²) >= 11 is 0. The van der Waals surface area contributed by atoms with E-state index < -0.39 is 6.23 Å². The molecule has 0 radical (unpaired) electrons. The monoisotopic (exact) mass is 607 g/mol. The molecule has 0 fully saturated rings. The van der Waals surface area contributed by atoms with Gasteiger partial charge in [0, 0.05) is 27.7 Å². The van der Waals surface area contributed by atoms with Gasteiger partial charge in [0.1, 0.15) is 17.3 Å². The third kappa shape index (κ3) is 4.26. The van der Waals surface area contributed by atoms with Gasteiger partial charge in [-0.25, -0.2) is 4.98 Å². The fourth-order valence-corrected chi connectivity index (χ4v) is 7.24. The van der Waals surface area contributed by atoms with E-state index in [4.69, 9.17) is 14.1 Å². The Morgan fingerprint density at radius 3 is 2.26 bits per heavy atom. The zero-order valence-corrected chi connectivity index (χ0v) is 25.9. The van der Waals surface area contributed by atoms with Crippen molar-refractivity contribution in [2.24, 2.45) is 0 Å². The lowest BCUT2D eigenvalue weighted by molar-refractivity contribution is 0.260. The van der Waals surface area contributed by atoms with E-state index in [1.54, 1.807) is 0 Å². The summed E-state index contributed by atoms with van der Waals surface area (Å²) < 4.78 is 12.6. The van der Waals surface area contributed by atoms with Gasteiger partial charge in [0.2, 0.25) is 5.89 Å². The van der Waals surface area contributed by atoms with E-state index >= 15 is 0 Å². The molecule has 1 unspecified atom stereocenters. The van der Waals surface area contributed by atoms with Crippen molar-refractivity contribution in [3.63, 3.8) is 0 Å². The van der Waals surface area contributed by atoms with Gasteiger partial charge in [-0.05, 0) is 81.9 Å². The zero-order valence-electron chi connectivity index (χ0n) is 25.9. The average Bonchev–Trinajstić information content (AvgIpc) is 3.81. The first-order valence-corrected chi connectivity index (χ1v) is 15.8. The number of fused-ring (bicyclic) bond motifs is 5. The Bertz CT molecular complexity index is 2370. The van der Waals surface area contributed by atoms with Crippen molar-refractivity contribution < 1.29 is 9.15 Å². The lowest BCUT2D eigenvalue weighted by Crippen LogP contribution is -2.14. The number of hydrogen-bond donors (Lipinski definition) is 1. The Hall–Kier alpha value is -6.12. The second-order valence-corrected chi connectivity index (χ2v) is 12.7. The molecule has 7 aromatic rings. The normalized spacial score (nSPS) is 15.3. The van der Waals surface area contributed by atoms with E-state index in [2.05, 4.69) is 79.8 Å². The molecule has 1 aliphatic heterocycles. The minimum atomic E-state index is -0.412. The van der Waals surface area contributed by atoms with Crippen molar-refractivity contribution in [2.75, 3.05) is 5.32 Å². The SMILES string of the molecule is CC1(C)c2ccccc2-c2ccc(-c3cccc(-c4cc(-c5nc6ccccc6o5)cc(C5Nc6ccccc6O5)c4)c3C#N)cc21. The van der Waals surface area contributed by atoms with Gasteiger partial charge in [-0.1, -0.05) is 92.7 Å². The number of ether oxygens (including phenoxy) is 1. The van der Waals surface area contributed by atoms with Crippen LogP contribution < -0.4 is 10.1 Å². The van der Waals surface area contributed by atoms with Crippen LogP contribution in [0.1, 0.15) is 42.3 Å². The smallest absolute Gasteiger partial charge is 0.227 e. The molecular formula is C42H29N3O2. The molecule has 1 N–H and O–H groups in total. The van der Waals surface area contributed by atoms with Gasteiger partial charge in [-0.2, -0.15) is 5.26 Å². The topological polar surface area (TPSA) is 71.1 Å². The first kappa shape index (κ1) is 27.2. The molecule has 0 amide bonds. The number of anilines is 1. The summed E-state index contributed by atoms with van der Waals surface area (Å²) in [6, 6.07) is 45.8. The van der Waals surface area contributed by atoms with Crippen LogP contribution in [0.4, 0.5) is 5.69 Å². The standard InChI is InChI=1S/C42H29N3O2/c1-42(2)34-13-4-3-10-31(34)32-19-18-25(23-35(32)42)29-11-9-12-30(33(29)24-43)26-20-27(40-44-36-14-5-7-16-38(36)46-40)22-28(21-26)41-45-37-15-6-8-17-39(37)47-41/h3-23,40,44H,1-2H3. The van der Waals surface area contributed by atoms with E-state index in [1.807, 2.05) is 72.8 Å². The highest BCUT2D eigenvalue weighted by molar-refractivity contribution is 5.88. The number of nitriles is 1. The van der Waals surface area contributed by atoms with Crippen LogP contribution >= 0.6 is 0 Å². The summed E-state index contributed by atoms with van der Waals surface area (Å²) in [5, 5.41) is 14.2. The van der Waals surface area contributed by atoms with E-state index in [-0.39, 0.29) is 5.41 Å². The Labute approximate surface area is 272 Å². The second kappa shape index (κ2) is 10.2. The lowest BCUT2D eigenvalue weighted by Gasteiger charge is -2.22. The number of rotatable bonds is 4. The maximum atomic E-state index is 10.7. The highest BCUT2D eigenvalue weighted by atomic mass is 16.5. The predicted molar refractivity (Wildman–Crippen MR) is 186 cm³/mol. The molecule has 5 nitrogen and oxygen atoms in total. The Kier molecular flexibility index (Phi) is 5.91. The third-order valence-corrected chi connectivity index (χ3v) is 9.60. The van der Waals surface area contributed by atoms with E-state index in [9.17, 15) is 5.26 Å². The summed E-state index contributed by atoms with van der Waals surface area (Å²) in [6.45, 7) is 4.55. The van der Waals surface area contributed by atoms with Crippen LogP contribution in [0.2, 0.25) is 0 Å². The maximum Gasteiger partial charge on any atom is 0.227 e. The molecular weight excluding hydrogens is 578 g/mol. The summed E-state index contributed by atoms with van der Waals surface area (Å²) in [7, 11) is 0. The number of benzene rings is 6. The number of nitrogens with one attached hydrogen (secondary N) is 1. The van der Waals surface area contributed by atoms with Crippen molar-refractivity contribution >= 4 is 16.8 Å². The number of nitrogens with zero attached hydrogens (tertiary/aromatic N) is 2. The molecule has 5 heteroatoms. The van der Waals surface area contributed by atoms with Crippen molar-refractivity contribution in [3.8, 4) is 56.7 Å². The van der Waals surface area contributed by atoms with E-state index in [0.717, 1.165) is 55.9 Å². The summed E-state index contributed by atoms with van der Waals surface area (Å²) in [5.74, 6) is 1.31. The molecule has 47 heavy (non-hydrogen) atoms. The van der Waals surface area contributed by atoms with E-state index in [0.29, 0.717) is 11.5 Å². The Morgan fingerprint density at radius 2 is 1.40 bits per heavy atom. The van der Waals surface area contributed by atoms with Gasteiger partial charge >= 0.3 is 0 Å². The van der Waals surface area contributed by atoms with Crippen molar-refractivity contribution in [2.45, 2.75) is 25.5 Å². The van der Waals surface area contributed by atoms with Crippen LogP contribution in [-0.2, 0) is 5.41 Å². The van der Waals surface area contributed by atoms with Crippen LogP contribution in [0.3, 0.4) is 0 Å². The fraction of sp³-hybridized carbons (Fsp3) is 0.0952. The number of aromatic nitrogens is 1. The second-order valence-electron chi connectivity index (χ2n) is 12.7. The third-order valence-electron chi connectivity index (χ3n) is 9.60. The van der Waals surface area contributed by atoms with Crippen LogP contribution in [0.25, 0.3) is 55.9 Å². The van der Waals surface area contributed by atoms with Gasteiger partial charge < -0.3 is 14.5 Å². The molecule has 6 aromatic carbocycles. The fourth-order valence-electron chi connectivity index (χ4n) is 7.24. The quantitative estimate of drug-likeness (QED) is 0.216. The Morgan fingerprint density at radius 1 is 0.681 bits per heavy atom. The van der Waals surface area contributed by atoms with Crippen LogP contribution in [-0.4, -0.2) is 4.98 Å². The molecule has 1 aliphatic carbocycles. The average molecular weight is 608 g/mol. The van der Waals surface area contributed by atoms with Gasteiger partial charge in [0.25, 0.3) is 0 Å². The minimum Gasteiger partial charge on any atom is -0.464 e. The summed E-state index contributed by atoms with van der Waals surface area (Å²) in [5.41, 5.74) is 13.4. The highest BCUT2D eigenvalue weighted by Crippen LogP contribution is 2.50. The molecule has 1 atom stereocenters. The minimum absolute atomic E-state index is 0.138. The number of oxazole rings is 1. The first-order valence-electron chi connectivity index (χ1n) is 15.8. The molecule has 0 saturated carbocycles. The van der Waals surface area contributed by atoms with Gasteiger partial charge in [0.05, 0.1) is 11.3 Å². The number of para-hydroxylation sites is 4. The summed E-state index contributed by atoms with van der Waals surface area (Å²) in [4.78, 5) is 4.80. The molecule has 0 spiro atoms. The van der Waals surface area contributed by atoms with Crippen LogP contribution in [0.15, 0.2) is 132 Å². The molecule has 0 bridgehead atoms. The molecule has 2 aliphatic rings. The van der Waals surface area contributed by atoms with E-state index in [1.165, 1.54) is 22.3 Å². The van der Waals surface area contributed by atoms with Gasteiger partial charge in [-0.3, -0.25) is 0 Å².